The maximum Gasteiger partial charge on any atom is 0.287 e. The van der Waals surface area contributed by atoms with Crippen LogP contribution in [0.5, 0.6) is 0 Å². The van der Waals surface area contributed by atoms with Gasteiger partial charge < -0.3 is 19.5 Å². The normalized spacial score (nSPS) is 12.3. The number of nitrogens with zero attached hydrogens (tertiary/aromatic N) is 2. The summed E-state index contributed by atoms with van der Waals surface area (Å²) < 4.78 is 5.82. The third-order valence-electron chi connectivity index (χ3n) is 3.67. The Labute approximate surface area is 145 Å². The van der Waals surface area contributed by atoms with Crippen molar-refractivity contribution in [3.8, 4) is 0 Å². The average molecular weight is 380 g/mol. The Morgan fingerprint density at radius 3 is 2.26 bits per heavy atom. The van der Waals surface area contributed by atoms with Crippen LogP contribution in [-0.2, 0) is 0 Å². The van der Waals surface area contributed by atoms with E-state index in [9.17, 15) is 4.79 Å². The molecule has 6 heteroatoms. The van der Waals surface area contributed by atoms with Gasteiger partial charge >= 0.3 is 0 Å². The van der Waals surface area contributed by atoms with Gasteiger partial charge in [0.1, 0.15) is 0 Å². The second kappa shape index (κ2) is 7.66. The number of furan rings is 1. The first-order valence-electron chi connectivity index (χ1n) is 7.35. The van der Waals surface area contributed by atoms with E-state index in [2.05, 4.69) is 55.3 Å². The van der Waals surface area contributed by atoms with E-state index in [4.69, 9.17) is 4.42 Å². The Kier molecular flexibility index (Phi) is 5.85. The molecule has 1 amide bonds. The first kappa shape index (κ1) is 17.6. The molecule has 0 unspecified atom stereocenters. The number of anilines is 1. The first-order chi connectivity index (χ1) is 10.9. The molecule has 2 rings (SSSR count). The monoisotopic (exact) mass is 379 g/mol. The number of carbonyl (C=O) groups is 1. The third-order valence-corrected chi connectivity index (χ3v) is 4.10. The van der Waals surface area contributed by atoms with E-state index in [0.29, 0.717) is 17.0 Å². The van der Waals surface area contributed by atoms with Crippen molar-refractivity contribution < 1.29 is 9.21 Å². The van der Waals surface area contributed by atoms with Gasteiger partial charge in [-0.1, -0.05) is 12.1 Å². The number of carbonyl (C=O) groups excluding carboxylic acids is 1. The first-order valence-corrected chi connectivity index (χ1v) is 8.15. The fourth-order valence-electron chi connectivity index (χ4n) is 2.31. The van der Waals surface area contributed by atoms with E-state index in [1.54, 1.807) is 12.1 Å². The topological polar surface area (TPSA) is 48.7 Å². The molecule has 1 N–H and O–H groups in total. The quantitative estimate of drug-likeness (QED) is 0.837. The number of likely N-dealkylation sites (N-methyl/N-ethyl adjacent to an activating group) is 1. The minimum Gasteiger partial charge on any atom is -0.444 e. The van der Waals surface area contributed by atoms with Crippen molar-refractivity contribution in [2.24, 2.45) is 0 Å². The van der Waals surface area contributed by atoms with E-state index in [1.807, 2.05) is 28.2 Å². The largest absolute Gasteiger partial charge is 0.444 e. The van der Waals surface area contributed by atoms with E-state index in [1.165, 1.54) is 0 Å². The van der Waals surface area contributed by atoms with Crippen molar-refractivity contribution in [1.82, 2.24) is 10.2 Å². The SMILES string of the molecule is CN(C)c1ccc([C@H](CNC(=O)c2ccc(Br)o2)N(C)C)cc1. The summed E-state index contributed by atoms with van der Waals surface area (Å²) in [6.07, 6.45) is 0. The van der Waals surface area contributed by atoms with Crippen LogP contribution in [0.1, 0.15) is 22.2 Å². The number of amides is 1. The molecule has 0 aliphatic heterocycles. The molecule has 1 atom stereocenters. The molecule has 0 saturated heterocycles. The van der Waals surface area contributed by atoms with Gasteiger partial charge in [-0.25, -0.2) is 0 Å². The number of halogens is 1. The van der Waals surface area contributed by atoms with Crippen LogP contribution in [0, 0.1) is 0 Å². The summed E-state index contributed by atoms with van der Waals surface area (Å²) in [6, 6.07) is 11.8. The van der Waals surface area contributed by atoms with E-state index in [-0.39, 0.29) is 11.9 Å². The van der Waals surface area contributed by atoms with Gasteiger partial charge in [-0.15, -0.1) is 0 Å². The number of hydrogen-bond donors (Lipinski definition) is 1. The zero-order valence-electron chi connectivity index (χ0n) is 13.8. The van der Waals surface area contributed by atoms with Gasteiger partial charge in [-0.2, -0.15) is 0 Å². The van der Waals surface area contributed by atoms with Crippen LogP contribution in [0.25, 0.3) is 0 Å². The maximum absolute atomic E-state index is 12.1. The van der Waals surface area contributed by atoms with Crippen LogP contribution >= 0.6 is 15.9 Å². The van der Waals surface area contributed by atoms with Crippen LogP contribution in [0.4, 0.5) is 5.69 Å². The zero-order valence-corrected chi connectivity index (χ0v) is 15.4. The van der Waals surface area contributed by atoms with Gasteiger partial charge in [0.2, 0.25) is 0 Å². The lowest BCUT2D eigenvalue weighted by Crippen LogP contribution is -2.34. The minimum atomic E-state index is -0.215. The van der Waals surface area contributed by atoms with Crippen LogP contribution in [0.3, 0.4) is 0 Å². The molecule has 124 valence electrons. The molecule has 0 aliphatic carbocycles. The highest BCUT2D eigenvalue weighted by molar-refractivity contribution is 9.10. The summed E-state index contributed by atoms with van der Waals surface area (Å²) >= 11 is 3.20. The lowest BCUT2D eigenvalue weighted by Gasteiger charge is -2.25. The average Bonchev–Trinajstić information content (AvgIpc) is 2.94. The molecule has 1 aromatic heterocycles. The Morgan fingerprint density at radius 2 is 1.78 bits per heavy atom. The molecule has 0 bridgehead atoms. The second-order valence-corrected chi connectivity index (χ2v) is 6.56. The molecule has 23 heavy (non-hydrogen) atoms. The summed E-state index contributed by atoms with van der Waals surface area (Å²) in [6.45, 7) is 0.505. The summed E-state index contributed by atoms with van der Waals surface area (Å²) in [5.74, 6) is 0.0878. The van der Waals surface area contributed by atoms with Gasteiger partial charge in [0.15, 0.2) is 10.4 Å². The third kappa shape index (κ3) is 4.59. The van der Waals surface area contributed by atoms with Gasteiger partial charge in [-0.05, 0) is 59.9 Å². The van der Waals surface area contributed by atoms with Crippen molar-refractivity contribution in [3.63, 3.8) is 0 Å². The van der Waals surface area contributed by atoms with Crippen molar-refractivity contribution in [1.29, 1.82) is 0 Å². The van der Waals surface area contributed by atoms with E-state index >= 15 is 0 Å². The molecule has 0 aliphatic rings. The predicted octanol–water partition coefficient (Wildman–Crippen LogP) is 3.14. The summed E-state index contributed by atoms with van der Waals surface area (Å²) in [7, 11) is 8.03. The zero-order chi connectivity index (χ0) is 17.0. The predicted molar refractivity (Wildman–Crippen MR) is 95.9 cm³/mol. The molecular weight excluding hydrogens is 358 g/mol. The minimum absolute atomic E-state index is 0.0913. The highest BCUT2D eigenvalue weighted by atomic mass is 79.9. The number of nitrogens with one attached hydrogen (secondary N) is 1. The van der Waals surface area contributed by atoms with Crippen LogP contribution in [-0.4, -0.2) is 45.5 Å². The fraction of sp³-hybridized carbons (Fsp3) is 0.353. The number of benzene rings is 1. The van der Waals surface area contributed by atoms with Gasteiger partial charge in [0.05, 0.1) is 6.04 Å². The Bertz CT molecular complexity index is 650. The van der Waals surface area contributed by atoms with Gasteiger partial charge in [0, 0.05) is 26.3 Å². The molecule has 0 saturated carbocycles. The van der Waals surface area contributed by atoms with Crippen molar-refractivity contribution >= 4 is 27.5 Å². The Hall–Kier alpha value is -1.79. The molecule has 2 aromatic rings. The second-order valence-electron chi connectivity index (χ2n) is 5.78. The summed E-state index contributed by atoms with van der Waals surface area (Å²) in [5.41, 5.74) is 2.30. The standard InChI is InChI=1S/C17H22BrN3O2/c1-20(2)13-7-5-12(6-8-13)14(21(3)4)11-19-17(22)15-9-10-16(18)23-15/h5-10,14H,11H2,1-4H3,(H,19,22)/t14-/m0/s1. The van der Waals surface area contributed by atoms with Crippen LogP contribution in [0.2, 0.25) is 0 Å². The lowest BCUT2D eigenvalue weighted by molar-refractivity contribution is 0.0913. The summed E-state index contributed by atoms with van der Waals surface area (Å²) in [4.78, 5) is 16.3. The van der Waals surface area contributed by atoms with Crippen molar-refractivity contribution in [2.45, 2.75) is 6.04 Å². The van der Waals surface area contributed by atoms with Crippen LogP contribution < -0.4 is 10.2 Å². The van der Waals surface area contributed by atoms with Gasteiger partial charge in [0.25, 0.3) is 5.91 Å². The summed E-state index contributed by atoms with van der Waals surface area (Å²) in [5, 5.41) is 2.92. The lowest BCUT2D eigenvalue weighted by atomic mass is 10.1. The Morgan fingerprint density at radius 1 is 1.13 bits per heavy atom. The molecule has 1 heterocycles. The van der Waals surface area contributed by atoms with E-state index in [0.717, 1.165) is 11.3 Å². The molecule has 0 fully saturated rings. The van der Waals surface area contributed by atoms with Gasteiger partial charge in [-0.3, -0.25) is 4.79 Å². The van der Waals surface area contributed by atoms with Crippen molar-refractivity contribution in [3.05, 3.63) is 52.4 Å². The van der Waals surface area contributed by atoms with Crippen LogP contribution in [0.15, 0.2) is 45.5 Å². The molecule has 0 spiro atoms. The fourth-order valence-corrected chi connectivity index (χ4v) is 2.61. The smallest absolute Gasteiger partial charge is 0.287 e. The maximum atomic E-state index is 12.1. The van der Waals surface area contributed by atoms with Crippen molar-refractivity contribution in [2.75, 3.05) is 39.6 Å². The highest BCUT2D eigenvalue weighted by Crippen LogP contribution is 2.21. The number of rotatable bonds is 6. The highest BCUT2D eigenvalue weighted by Gasteiger charge is 2.17. The molecule has 5 nitrogen and oxygen atoms in total. The Balaban J connectivity index is 2.05. The number of hydrogen-bond acceptors (Lipinski definition) is 4. The molecular formula is C17H22BrN3O2. The molecule has 1 aromatic carbocycles. The van der Waals surface area contributed by atoms with E-state index < -0.39 is 0 Å². The molecule has 0 radical (unpaired) electrons.